The molecule has 0 spiro atoms. The number of nitrogens with zero attached hydrogens (tertiary/aromatic N) is 1. The van der Waals surface area contributed by atoms with Crippen LogP contribution < -0.4 is 0 Å². The number of nitro benzene ring substituents is 1. The second-order valence-electron chi connectivity index (χ2n) is 2.60. The highest BCUT2D eigenvalue weighted by atomic mass is 35.7. The summed E-state index contributed by atoms with van der Waals surface area (Å²) in [6, 6.07) is 3.73. The van der Waals surface area contributed by atoms with E-state index in [2.05, 4.69) is 0 Å². The summed E-state index contributed by atoms with van der Waals surface area (Å²) in [6.45, 7) is 5.34. The topological polar surface area (TPSA) is 77.3 Å². The van der Waals surface area contributed by atoms with Gasteiger partial charge in [0.2, 0.25) is 0 Å². The molecule has 0 saturated heterocycles. The van der Waals surface area contributed by atoms with Crippen LogP contribution in [0, 0.1) is 17.0 Å². The number of halogens is 1. The minimum Gasteiger partial charge on any atom is -0.258 e. The van der Waals surface area contributed by atoms with Crippen LogP contribution in [-0.4, -0.2) is 13.3 Å². The zero-order valence-corrected chi connectivity index (χ0v) is 10.7. The number of nitro groups is 1. The molecule has 0 amide bonds. The van der Waals surface area contributed by atoms with Gasteiger partial charge in [0, 0.05) is 22.3 Å². The summed E-state index contributed by atoms with van der Waals surface area (Å²) in [5, 5.41) is 10.5. The fourth-order valence-corrected chi connectivity index (χ4v) is 2.28. The Balaban J connectivity index is 0.00000106. The van der Waals surface area contributed by atoms with Gasteiger partial charge in [0.05, 0.1) is 9.82 Å². The molecule has 5 nitrogen and oxygen atoms in total. The smallest absolute Gasteiger partial charge is 0.258 e. The molecule has 7 heteroatoms. The first kappa shape index (κ1) is 14.9. The summed E-state index contributed by atoms with van der Waals surface area (Å²) in [5.41, 5.74) is -0.209. The zero-order valence-electron chi connectivity index (χ0n) is 9.10. The van der Waals surface area contributed by atoms with E-state index in [-0.39, 0.29) is 16.1 Å². The molecule has 90 valence electrons. The van der Waals surface area contributed by atoms with Crippen molar-refractivity contribution < 1.29 is 13.3 Å². The highest BCUT2D eigenvalue weighted by Gasteiger charge is 2.20. The van der Waals surface area contributed by atoms with Crippen molar-refractivity contribution in [1.82, 2.24) is 0 Å². The lowest BCUT2D eigenvalue weighted by atomic mass is 10.2. The number of rotatable bonds is 2. The Kier molecular flexibility index (Phi) is 5.40. The van der Waals surface area contributed by atoms with Crippen LogP contribution in [0.15, 0.2) is 23.1 Å². The number of hydrogen-bond donors (Lipinski definition) is 0. The van der Waals surface area contributed by atoms with E-state index in [0.29, 0.717) is 0 Å². The van der Waals surface area contributed by atoms with Gasteiger partial charge in [-0.25, -0.2) is 8.42 Å². The summed E-state index contributed by atoms with van der Waals surface area (Å²) in [7, 11) is 1.17. The maximum Gasteiger partial charge on any atom is 0.273 e. The van der Waals surface area contributed by atoms with Gasteiger partial charge >= 0.3 is 0 Å². The van der Waals surface area contributed by atoms with Gasteiger partial charge in [-0.2, -0.15) is 0 Å². The Morgan fingerprint density at radius 3 is 2.19 bits per heavy atom. The molecular formula is C9H12ClNO4S. The van der Waals surface area contributed by atoms with Gasteiger partial charge < -0.3 is 0 Å². The van der Waals surface area contributed by atoms with Gasteiger partial charge in [-0.15, -0.1) is 0 Å². The van der Waals surface area contributed by atoms with E-state index in [1.165, 1.54) is 25.1 Å². The second-order valence-corrected chi connectivity index (χ2v) is 5.13. The molecule has 0 fully saturated rings. The summed E-state index contributed by atoms with van der Waals surface area (Å²) in [6.07, 6.45) is 0. The Bertz CT molecular complexity index is 484. The molecular weight excluding hydrogens is 254 g/mol. The van der Waals surface area contributed by atoms with Gasteiger partial charge in [0.25, 0.3) is 14.7 Å². The first-order chi connectivity index (χ1) is 7.34. The predicted octanol–water partition coefficient (Wildman–Crippen LogP) is 2.86. The second kappa shape index (κ2) is 5.81. The number of benzene rings is 1. The van der Waals surface area contributed by atoms with E-state index >= 15 is 0 Å². The average Bonchev–Trinajstić information content (AvgIpc) is 2.19. The van der Waals surface area contributed by atoms with E-state index < -0.39 is 14.0 Å². The Hall–Kier alpha value is -1.14. The molecule has 0 atom stereocenters. The van der Waals surface area contributed by atoms with Gasteiger partial charge in [-0.05, 0) is 13.0 Å². The van der Waals surface area contributed by atoms with Gasteiger partial charge in [-0.3, -0.25) is 10.1 Å². The van der Waals surface area contributed by atoms with E-state index in [9.17, 15) is 18.5 Å². The van der Waals surface area contributed by atoms with Crippen molar-refractivity contribution in [2.24, 2.45) is 0 Å². The molecule has 0 bridgehead atoms. The van der Waals surface area contributed by atoms with E-state index in [1.54, 1.807) is 0 Å². The third kappa shape index (κ3) is 3.46. The summed E-state index contributed by atoms with van der Waals surface area (Å²) >= 11 is 0. The summed E-state index contributed by atoms with van der Waals surface area (Å²) < 4.78 is 21.9. The van der Waals surface area contributed by atoms with Crippen LogP contribution in [0.4, 0.5) is 5.69 Å². The monoisotopic (exact) mass is 265 g/mol. The van der Waals surface area contributed by atoms with Crippen LogP contribution in [0.3, 0.4) is 0 Å². The van der Waals surface area contributed by atoms with Crippen LogP contribution in [0.1, 0.15) is 19.4 Å². The lowest BCUT2D eigenvalue weighted by Gasteiger charge is -2.01. The summed E-state index contributed by atoms with van der Waals surface area (Å²) in [5.74, 6) is 0. The molecule has 1 aromatic rings. The minimum absolute atomic E-state index is 0.0486. The molecule has 1 aromatic carbocycles. The van der Waals surface area contributed by atoms with Crippen LogP contribution in [-0.2, 0) is 9.05 Å². The van der Waals surface area contributed by atoms with Crippen molar-refractivity contribution in [2.75, 3.05) is 0 Å². The van der Waals surface area contributed by atoms with Crippen LogP contribution >= 0.6 is 10.7 Å². The lowest BCUT2D eigenvalue weighted by Crippen LogP contribution is -1.98. The third-order valence-electron chi connectivity index (χ3n) is 1.71. The van der Waals surface area contributed by atoms with E-state index in [4.69, 9.17) is 10.7 Å². The SMILES string of the molecule is CC.Cc1c([N+](=O)[O-])cccc1S(=O)(=O)Cl. The van der Waals surface area contributed by atoms with Gasteiger partial charge in [0.15, 0.2) is 0 Å². The summed E-state index contributed by atoms with van der Waals surface area (Å²) in [4.78, 5) is 9.59. The van der Waals surface area contributed by atoms with Gasteiger partial charge in [-0.1, -0.05) is 19.9 Å². The van der Waals surface area contributed by atoms with Crippen molar-refractivity contribution in [2.45, 2.75) is 25.7 Å². The molecule has 0 saturated carbocycles. The fraction of sp³-hybridized carbons (Fsp3) is 0.333. The zero-order chi connectivity index (χ0) is 12.9. The molecule has 0 unspecified atom stereocenters. The Labute approximate surface area is 98.6 Å². The number of hydrogen-bond acceptors (Lipinski definition) is 4. The molecule has 0 aliphatic heterocycles. The molecule has 0 N–H and O–H groups in total. The lowest BCUT2D eigenvalue weighted by molar-refractivity contribution is -0.385. The molecule has 1 rings (SSSR count). The maximum absolute atomic E-state index is 11.0. The Morgan fingerprint density at radius 2 is 1.81 bits per heavy atom. The van der Waals surface area contributed by atoms with Crippen LogP contribution in [0.2, 0.25) is 0 Å². The van der Waals surface area contributed by atoms with Crippen molar-refractivity contribution >= 4 is 25.4 Å². The minimum atomic E-state index is -3.92. The third-order valence-corrected chi connectivity index (χ3v) is 3.18. The van der Waals surface area contributed by atoms with Crippen LogP contribution in [0.25, 0.3) is 0 Å². The predicted molar refractivity (Wildman–Crippen MR) is 62.2 cm³/mol. The average molecular weight is 266 g/mol. The van der Waals surface area contributed by atoms with E-state index in [1.807, 2.05) is 13.8 Å². The van der Waals surface area contributed by atoms with Crippen molar-refractivity contribution in [3.63, 3.8) is 0 Å². The van der Waals surface area contributed by atoms with Gasteiger partial charge in [0.1, 0.15) is 0 Å². The molecule has 0 aliphatic rings. The molecule has 0 radical (unpaired) electrons. The maximum atomic E-state index is 11.0. The molecule has 0 aliphatic carbocycles. The Morgan fingerprint density at radius 1 is 1.31 bits per heavy atom. The molecule has 0 aromatic heterocycles. The van der Waals surface area contributed by atoms with Crippen molar-refractivity contribution in [3.8, 4) is 0 Å². The fourth-order valence-electron chi connectivity index (χ4n) is 1.06. The van der Waals surface area contributed by atoms with Crippen molar-refractivity contribution in [3.05, 3.63) is 33.9 Å². The molecule has 0 heterocycles. The van der Waals surface area contributed by atoms with Crippen LogP contribution in [0.5, 0.6) is 0 Å². The first-order valence-corrected chi connectivity index (χ1v) is 6.83. The van der Waals surface area contributed by atoms with Crippen molar-refractivity contribution in [1.29, 1.82) is 0 Å². The quantitative estimate of drug-likeness (QED) is 0.468. The molecule has 16 heavy (non-hydrogen) atoms. The van der Waals surface area contributed by atoms with E-state index in [0.717, 1.165) is 0 Å². The standard InChI is InChI=1S/C7H6ClNO4S.C2H6/c1-5-6(9(10)11)3-2-4-7(5)14(8,12)13;1-2/h2-4H,1H3;1-2H3. The normalized spacial score (nSPS) is 10.2. The first-order valence-electron chi connectivity index (χ1n) is 4.52. The highest BCUT2D eigenvalue weighted by Crippen LogP contribution is 2.26. The largest absolute Gasteiger partial charge is 0.273 e. The highest BCUT2D eigenvalue weighted by molar-refractivity contribution is 8.13.